The van der Waals surface area contributed by atoms with Gasteiger partial charge in [-0.2, -0.15) is 0 Å². The van der Waals surface area contributed by atoms with Gasteiger partial charge in [-0.15, -0.1) is 21.5 Å². The lowest BCUT2D eigenvalue weighted by Gasteiger charge is -2.08. The number of carbonyl (C=O) groups is 1. The minimum absolute atomic E-state index is 0.159. The summed E-state index contributed by atoms with van der Waals surface area (Å²) in [5.41, 5.74) is 0.385. The fraction of sp³-hybridized carbons (Fsp3) is 0.100. The number of thiophene rings is 1. The van der Waals surface area contributed by atoms with Crippen LogP contribution in [0.15, 0.2) is 71.5 Å². The Labute approximate surface area is 188 Å². The van der Waals surface area contributed by atoms with E-state index in [1.54, 1.807) is 65.8 Å². The number of ether oxygens (including phenoxy) is 1. The van der Waals surface area contributed by atoms with Gasteiger partial charge in [0.2, 0.25) is 11.8 Å². The molecule has 0 spiro atoms. The van der Waals surface area contributed by atoms with Gasteiger partial charge < -0.3 is 10.1 Å². The number of imidazole rings is 1. The number of hydrogen-bond donors (Lipinski definition) is 2. The summed E-state index contributed by atoms with van der Waals surface area (Å²) in [6.07, 6.45) is 5.01. The molecule has 0 radical (unpaired) electrons. The maximum atomic E-state index is 12.6. The Morgan fingerprint density at radius 1 is 1.09 bits per heavy atom. The predicted molar refractivity (Wildman–Crippen MR) is 118 cm³/mol. The van der Waals surface area contributed by atoms with E-state index in [4.69, 9.17) is 4.74 Å². The van der Waals surface area contributed by atoms with Crippen molar-refractivity contribution < 1.29 is 17.9 Å². The van der Waals surface area contributed by atoms with E-state index in [0.717, 1.165) is 16.2 Å². The monoisotopic (exact) mass is 470 g/mol. The summed E-state index contributed by atoms with van der Waals surface area (Å²) in [4.78, 5) is 15.7. The van der Waals surface area contributed by atoms with E-state index in [9.17, 15) is 13.2 Å². The maximum absolute atomic E-state index is 12.6. The van der Waals surface area contributed by atoms with Crippen molar-refractivity contribution >= 4 is 33.0 Å². The Kier molecular flexibility index (Phi) is 6.14. The topological polar surface area (TPSA) is 128 Å². The number of nitrogens with zero attached hydrogens (tertiary/aromatic N) is 4. The van der Waals surface area contributed by atoms with Crippen LogP contribution in [0.2, 0.25) is 0 Å². The average Bonchev–Trinajstić information content (AvgIpc) is 3.47. The van der Waals surface area contributed by atoms with Crippen LogP contribution < -0.4 is 14.8 Å². The zero-order valence-corrected chi connectivity index (χ0v) is 18.4. The summed E-state index contributed by atoms with van der Waals surface area (Å²) in [7, 11) is -3.74. The highest BCUT2D eigenvalue weighted by atomic mass is 32.2. The summed E-state index contributed by atoms with van der Waals surface area (Å²) in [6.45, 7) is 1.69. The lowest BCUT2D eigenvalue weighted by molar-refractivity contribution is -0.119. The molecule has 3 aromatic heterocycles. The molecule has 12 heteroatoms. The van der Waals surface area contributed by atoms with Crippen LogP contribution in [-0.2, 0) is 21.4 Å². The molecular weight excluding hydrogens is 452 g/mol. The normalized spacial score (nSPS) is 11.2. The molecule has 0 bridgehead atoms. The molecule has 0 atom stereocenters. The van der Waals surface area contributed by atoms with Gasteiger partial charge in [0.15, 0.2) is 5.82 Å². The first-order valence-electron chi connectivity index (χ1n) is 9.35. The third kappa shape index (κ3) is 5.28. The van der Waals surface area contributed by atoms with E-state index in [-0.39, 0.29) is 16.7 Å². The summed E-state index contributed by atoms with van der Waals surface area (Å²) in [6, 6.07) is 13.0. The number of hydrogen-bond acceptors (Lipinski definition) is 8. The van der Waals surface area contributed by atoms with Crippen LogP contribution in [0.1, 0.15) is 11.8 Å². The molecule has 1 amide bonds. The molecule has 4 rings (SSSR count). The standard InChI is InChI=1S/C20H18N6O4S2/c1-14(27)22-12-17-6-9-20(31-17)32(28,29)25-15-2-4-16(5-3-15)30-19-8-7-18(23-24-19)26-11-10-21-13-26/h2-11,13,25H,12H2,1H3,(H,22,27). The maximum Gasteiger partial charge on any atom is 0.271 e. The molecule has 0 aliphatic rings. The van der Waals surface area contributed by atoms with E-state index in [0.29, 0.717) is 23.1 Å². The van der Waals surface area contributed by atoms with Gasteiger partial charge in [0.05, 0.1) is 6.54 Å². The number of nitrogens with one attached hydrogen (secondary N) is 2. The molecule has 2 N–H and O–H groups in total. The fourth-order valence-corrected chi connectivity index (χ4v) is 4.98. The highest BCUT2D eigenvalue weighted by Crippen LogP contribution is 2.26. The summed E-state index contributed by atoms with van der Waals surface area (Å²) < 4.78 is 35.3. The minimum Gasteiger partial charge on any atom is -0.438 e. The lowest BCUT2D eigenvalue weighted by Crippen LogP contribution is -2.18. The van der Waals surface area contributed by atoms with Crippen LogP contribution in [-0.4, -0.2) is 34.1 Å². The summed E-state index contributed by atoms with van der Waals surface area (Å²) in [5, 5.41) is 10.7. The molecule has 4 aromatic rings. The number of sulfonamides is 1. The number of amides is 1. The lowest BCUT2D eigenvalue weighted by atomic mass is 10.3. The van der Waals surface area contributed by atoms with Crippen LogP contribution in [0.25, 0.3) is 5.82 Å². The fourth-order valence-electron chi connectivity index (χ4n) is 2.63. The van der Waals surface area contributed by atoms with E-state index in [2.05, 4.69) is 25.2 Å². The van der Waals surface area contributed by atoms with Crippen molar-refractivity contribution in [2.75, 3.05) is 4.72 Å². The van der Waals surface area contributed by atoms with E-state index in [1.807, 2.05) is 0 Å². The molecular formula is C20H18N6O4S2. The van der Waals surface area contributed by atoms with Crippen LogP contribution in [0, 0.1) is 0 Å². The van der Waals surface area contributed by atoms with E-state index >= 15 is 0 Å². The molecule has 0 aliphatic carbocycles. The summed E-state index contributed by atoms with van der Waals surface area (Å²) >= 11 is 1.10. The predicted octanol–water partition coefficient (Wildman–Crippen LogP) is 2.95. The molecule has 0 fully saturated rings. The van der Waals surface area contributed by atoms with Crippen LogP contribution in [0.3, 0.4) is 0 Å². The van der Waals surface area contributed by atoms with Crippen LogP contribution in [0.5, 0.6) is 11.6 Å². The second kappa shape index (κ2) is 9.16. The molecule has 1 aromatic carbocycles. The molecule has 10 nitrogen and oxygen atoms in total. The number of aromatic nitrogens is 4. The second-order valence-corrected chi connectivity index (χ2v) is 9.64. The van der Waals surface area contributed by atoms with Gasteiger partial charge in [0.25, 0.3) is 10.0 Å². The average molecular weight is 471 g/mol. The van der Waals surface area contributed by atoms with Crippen molar-refractivity contribution in [3.05, 3.63) is 72.1 Å². The third-order valence-electron chi connectivity index (χ3n) is 4.14. The Bertz CT molecular complexity index is 1300. The van der Waals surface area contributed by atoms with Gasteiger partial charge >= 0.3 is 0 Å². The Morgan fingerprint density at radius 2 is 1.91 bits per heavy atom. The molecule has 0 aliphatic heterocycles. The number of carbonyl (C=O) groups excluding carboxylic acids is 1. The molecule has 0 saturated carbocycles. The number of anilines is 1. The van der Waals surface area contributed by atoms with Gasteiger partial charge in [-0.25, -0.2) is 13.4 Å². The van der Waals surface area contributed by atoms with Crippen molar-refractivity contribution in [2.45, 2.75) is 17.7 Å². The van der Waals surface area contributed by atoms with Crippen molar-refractivity contribution in [3.8, 4) is 17.4 Å². The Hall–Kier alpha value is -3.77. The molecule has 0 unspecified atom stereocenters. The highest BCUT2D eigenvalue weighted by molar-refractivity contribution is 7.94. The number of benzene rings is 1. The Morgan fingerprint density at radius 3 is 2.56 bits per heavy atom. The van der Waals surface area contributed by atoms with E-state index < -0.39 is 10.0 Å². The van der Waals surface area contributed by atoms with Crippen LogP contribution >= 0.6 is 11.3 Å². The second-order valence-electron chi connectivity index (χ2n) is 6.56. The molecule has 32 heavy (non-hydrogen) atoms. The zero-order valence-electron chi connectivity index (χ0n) is 16.8. The quantitative estimate of drug-likeness (QED) is 0.405. The summed E-state index contributed by atoms with van der Waals surface area (Å²) in [5.74, 6) is 1.20. The van der Waals surface area contributed by atoms with Gasteiger partial charge in [-0.1, -0.05) is 0 Å². The minimum atomic E-state index is -3.74. The smallest absolute Gasteiger partial charge is 0.271 e. The Balaban J connectivity index is 1.38. The molecule has 164 valence electrons. The van der Waals surface area contributed by atoms with Gasteiger partial charge in [0, 0.05) is 35.9 Å². The third-order valence-corrected chi connectivity index (χ3v) is 7.10. The zero-order chi connectivity index (χ0) is 22.6. The highest BCUT2D eigenvalue weighted by Gasteiger charge is 2.17. The molecule has 0 saturated heterocycles. The van der Waals surface area contributed by atoms with Crippen molar-refractivity contribution in [1.29, 1.82) is 0 Å². The van der Waals surface area contributed by atoms with Crippen molar-refractivity contribution in [2.24, 2.45) is 0 Å². The first kappa shape index (κ1) is 21.5. The van der Waals surface area contributed by atoms with Gasteiger partial charge in [-0.3, -0.25) is 14.1 Å². The van der Waals surface area contributed by atoms with Crippen molar-refractivity contribution in [3.63, 3.8) is 0 Å². The molecule has 3 heterocycles. The van der Waals surface area contributed by atoms with Gasteiger partial charge in [0.1, 0.15) is 16.3 Å². The van der Waals surface area contributed by atoms with Crippen LogP contribution in [0.4, 0.5) is 5.69 Å². The van der Waals surface area contributed by atoms with Crippen molar-refractivity contribution in [1.82, 2.24) is 25.1 Å². The largest absolute Gasteiger partial charge is 0.438 e. The number of rotatable bonds is 8. The SMILES string of the molecule is CC(=O)NCc1ccc(S(=O)(=O)Nc2ccc(Oc3ccc(-n4ccnc4)nn3)cc2)s1. The first-order chi connectivity index (χ1) is 15.4. The van der Waals surface area contributed by atoms with Gasteiger partial charge in [-0.05, 0) is 42.5 Å². The van der Waals surface area contributed by atoms with E-state index in [1.165, 1.54) is 13.0 Å². The first-order valence-corrected chi connectivity index (χ1v) is 11.6.